The van der Waals surface area contributed by atoms with Gasteiger partial charge in [-0.05, 0) is 37.5 Å². The Hall–Kier alpha value is -0.740. The number of aromatic nitrogens is 1. The zero-order valence-corrected chi connectivity index (χ0v) is 10.0. The second-order valence-corrected chi connectivity index (χ2v) is 4.46. The van der Waals surface area contributed by atoms with Gasteiger partial charge in [0.15, 0.2) is 0 Å². The van der Waals surface area contributed by atoms with Crippen molar-refractivity contribution >= 4 is 17.6 Å². The molecule has 0 amide bonds. The highest BCUT2D eigenvalue weighted by atomic mass is 32.2. The van der Waals surface area contributed by atoms with Crippen molar-refractivity contribution in [1.82, 2.24) is 4.98 Å². The smallest absolute Gasteiger partial charge is 0.126 e. The molecule has 1 rings (SSSR count). The van der Waals surface area contributed by atoms with Gasteiger partial charge in [-0.15, -0.1) is 0 Å². The molecule has 0 aliphatic heterocycles. The molecular weight excluding hydrogens is 208 g/mol. The topological polar surface area (TPSA) is 45.1 Å². The molecule has 3 nitrogen and oxygen atoms in total. The number of nitrogens with zero attached hydrogens (tertiary/aromatic N) is 1. The average molecular weight is 226 g/mol. The van der Waals surface area contributed by atoms with Crippen LogP contribution in [0.1, 0.15) is 12.1 Å². The molecule has 4 heteroatoms. The molecule has 2 N–H and O–H groups in total. The molecule has 1 aromatic heterocycles. The molecule has 0 aliphatic rings. The van der Waals surface area contributed by atoms with Gasteiger partial charge in [0.1, 0.15) is 5.82 Å². The Bertz CT molecular complexity index is 294. The van der Waals surface area contributed by atoms with Crippen LogP contribution in [0.4, 0.5) is 5.82 Å². The second kappa shape index (κ2) is 6.69. The maximum Gasteiger partial charge on any atom is 0.126 e. The lowest BCUT2D eigenvalue weighted by Gasteiger charge is -2.16. The predicted octanol–water partition coefficient (Wildman–Crippen LogP) is 1.92. The van der Waals surface area contributed by atoms with Crippen LogP contribution in [0.5, 0.6) is 0 Å². The minimum atomic E-state index is 0.103. The van der Waals surface area contributed by atoms with Crippen LogP contribution in [0.3, 0.4) is 0 Å². The zero-order valence-electron chi connectivity index (χ0n) is 9.23. The van der Waals surface area contributed by atoms with Gasteiger partial charge in [0, 0.05) is 5.69 Å². The first-order valence-corrected chi connectivity index (χ1v) is 6.45. The van der Waals surface area contributed by atoms with E-state index in [-0.39, 0.29) is 12.6 Å². The van der Waals surface area contributed by atoms with E-state index in [1.165, 1.54) is 0 Å². The number of rotatable bonds is 6. The number of hydrogen-bond donors (Lipinski definition) is 2. The summed E-state index contributed by atoms with van der Waals surface area (Å²) in [7, 11) is 0. The normalized spacial score (nSPS) is 12.5. The van der Waals surface area contributed by atoms with Crippen molar-refractivity contribution < 1.29 is 5.11 Å². The lowest BCUT2D eigenvalue weighted by atomic mass is 10.2. The summed E-state index contributed by atoms with van der Waals surface area (Å²) < 4.78 is 0. The van der Waals surface area contributed by atoms with Gasteiger partial charge in [0.05, 0.1) is 12.6 Å². The number of nitrogens with one attached hydrogen (secondary N) is 1. The molecule has 84 valence electrons. The minimum Gasteiger partial charge on any atom is -0.394 e. The molecular formula is C11H18N2OS. The molecule has 1 heterocycles. The summed E-state index contributed by atoms with van der Waals surface area (Å²) in [5.74, 6) is 1.89. The molecule has 0 bridgehead atoms. The Morgan fingerprint density at radius 2 is 2.33 bits per heavy atom. The van der Waals surface area contributed by atoms with Crippen LogP contribution < -0.4 is 5.32 Å². The maximum absolute atomic E-state index is 9.18. The van der Waals surface area contributed by atoms with Crippen molar-refractivity contribution in [2.45, 2.75) is 19.4 Å². The van der Waals surface area contributed by atoms with Crippen LogP contribution in [0, 0.1) is 6.92 Å². The Labute approximate surface area is 95.3 Å². The van der Waals surface area contributed by atoms with E-state index in [9.17, 15) is 5.11 Å². The SMILES string of the molecule is CSCC[C@@H](CO)Nc1cccc(C)n1. The lowest BCUT2D eigenvalue weighted by Crippen LogP contribution is -2.25. The Morgan fingerprint density at radius 3 is 2.93 bits per heavy atom. The fraction of sp³-hybridized carbons (Fsp3) is 0.545. The van der Waals surface area contributed by atoms with Crippen molar-refractivity contribution in [3.63, 3.8) is 0 Å². The van der Waals surface area contributed by atoms with Crippen molar-refractivity contribution in [2.24, 2.45) is 0 Å². The summed E-state index contributed by atoms with van der Waals surface area (Å²) in [6, 6.07) is 5.95. The van der Waals surface area contributed by atoms with Crippen molar-refractivity contribution in [3.05, 3.63) is 23.9 Å². The van der Waals surface area contributed by atoms with Crippen LogP contribution in [0.25, 0.3) is 0 Å². The maximum atomic E-state index is 9.18. The minimum absolute atomic E-state index is 0.103. The highest BCUT2D eigenvalue weighted by molar-refractivity contribution is 7.98. The monoisotopic (exact) mass is 226 g/mol. The summed E-state index contributed by atoms with van der Waals surface area (Å²) in [4.78, 5) is 4.34. The third-order valence-electron chi connectivity index (χ3n) is 2.13. The fourth-order valence-corrected chi connectivity index (χ4v) is 1.82. The lowest BCUT2D eigenvalue weighted by molar-refractivity contribution is 0.272. The van der Waals surface area contributed by atoms with Crippen molar-refractivity contribution in [2.75, 3.05) is 23.9 Å². The number of aliphatic hydroxyl groups is 1. The molecule has 0 aromatic carbocycles. The van der Waals surface area contributed by atoms with E-state index < -0.39 is 0 Å². The number of hydrogen-bond acceptors (Lipinski definition) is 4. The summed E-state index contributed by atoms with van der Waals surface area (Å²) in [5.41, 5.74) is 0.988. The largest absolute Gasteiger partial charge is 0.394 e. The van der Waals surface area contributed by atoms with E-state index in [0.29, 0.717) is 0 Å². The highest BCUT2D eigenvalue weighted by Crippen LogP contribution is 2.09. The van der Waals surface area contributed by atoms with Gasteiger partial charge in [-0.25, -0.2) is 4.98 Å². The van der Waals surface area contributed by atoms with Crippen molar-refractivity contribution in [3.8, 4) is 0 Å². The van der Waals surface area contributed by atoms with Gasteiger partial charge in [-0.2, -0.15) is 11.8 Å². The average Bonchev–Trinajstić information content (AvgIpc) is 2.24. The number of aliphatic hydroxyl groups excluding tert-OH is 1. The quantitative estimate of drug-likeness (QED) is 0.778. The number of pyridine rings is 1. The summed E-state index contributed by atoms with van der Waals surface area (Å²) in [5, 5.41) is 12.4. The van der Waals surface area contributed by atoms with E-state index in [4.69, 9.17) is 0 Å². The van der Waals surface area contributed by atoms with Crippen LogP contribution in [-0.4, -0.2) is 34.7 Å². The molecule has 0 aliphatic carbocycles. The first-order chi connectivity index (χ1) is 7.26. The van der Waals surface area contributed by atoms with Crippen LogP contribution in [0.2, 0.25) is 0 Å². The third-order valence-corrected chi connectivity index (χ3v) is 2.78. The van der Waals surface area contributed by atoms with Crippen molar-refractivity contribution in [1.29, 1.82) is 0 Å². The summed E-state index contributed by atoms with van der Waals surface area (Å²) in [6.45, 7) is 2.11. The molecule has 0 radical (unpaired) electrons. The molecule has 15 heavy (non-hydrogen) atoms. The first kappa shape index (κ1) is 12.3. The number of thioether (sulfide) groups is 1. The predicted molar refractivity (Wildman–Crippen MR) is 66.5 cm³/mol. The van der Waals surface area contributed by atoms with Gasteiger partial charge in [-0.3, -0.25) is 0 Å². The zero-order chi connectivity index (χ0) is 11.1. The van der Waals surface area contributed by atoms with Gasteiger partial charge >= 0.3 is 0 Å². The molecule has 0 saturated heterocycles. The fourth-order valence-electron chi connectivity index (χ4n) is 1.30. The molecule has 0 unspecified atom stereocenters. The van der Waals surface area contributed by atoms with Gasteiger partial charge < -0.3 is 10.4 Å². The van der Waals surface area contributed by atoms with Crippen LogP contribution in [-0.2, 0) is 0 Å². The third kappa shape index (κ3) is 4.53. The summed E-state index contributed by atoms with van der Waals surface area (Å²) in [6.07, 6.45) is 3.02. The highest BCUT2D eigenvalue weighted by Gasteiger charge is 2.06. The number of anilines is 1. The van der Waals surface area contributed by atoms with Gasteiger partial charge in [0.25, 0.3) is 0 Å². The Morgan fingerprint density at radius 1 is 1.53 bits per heavy atom. The Balaban J connectivity index is 2.50. The van der Waals surface area contributed by atoms with Crippen LogP contribution >= 0.6 is 11.8 Å². The standard InChI is InChI=1S/C11H18N2OS/c1-9-4-3-5-11(12-9)13-10(8-14)6-7-15-2/h3-5,10,14H,6-8H2,1-2H3,(H,12,13)/t10-/m0/s1. The molecule has 1 atom stereocenters. The van der Waals surface area contributed by atoms with Crippen LogP contribution in [0.15, 0.2) is 18.2 Å². The molecule has 0 saturated carbocycles. The molecule has 1 aromatic rings. The molecule has 0 spiro atoms. The van der Waals surface area contributed by atoms with E-state index in [0.717, 1.165) is 23.7 Å². The van der Waals surface area contributed by atoms with Gasteiger partial charge in [0.2, 0.25) is 0 Å². The number of aryl methyl sites for hydroxylation is 1. The summed E-state index contributed by atoms with van der Waals surface area (Å²) >= 11 is 1.79. The van der Waals surface area contributed by atoms with E-state index in [2.05, 4.69) is 16.6 Å². The second-order valence-electron chi connectivity index (χ2n) is 3.47. The van der Waals surface area contributed by atoms with E-state index in [1.54, 1.807) is 11.8 Å². The first-order valence-electron chi connectivity index (χ1n) is 5.06. The van der Waals surface area contributed by atoms with E-state index >= 15 is 0 Å². The Kier molecular flexibility index (Phi) is 5.50. The molecule has 0 fully saturated rings. The van der Waals surface area contributed by atoms with Gasteiger partial charge in [-0.1, -0.05) is 6.07 Å². The van der Waals surface area contributed by atoms with E-state index in [1.807, 2.05) is 25.1 Å².